The number of benzene rings is 2. The van der Waals surface area contributed by atoms with Crippen molar-refractivity contribution in [3.05, 3.63) is 57.6 Å². The Morgan fingerprint density at radius 2 is 0.723 bits per heavy atom. The predicted molar refractivity (Wildman–Crippen MR) is 203 cm³/mol. The molecule has 0 bridgehead atoms. The van der Waals surface area contributed by atoms with Crippen LogP contribution < -0.4 is 0 Å². The molecule has 4 rings (SSSR count). The van der Waals surface area contributed by atoms with Crippen molar-refractivity contribution in [3.8, 4) is 11.5 Å². The van der Waals surface area contributed by atoms with Crippen LogP contribution in [0.25, 0.3) is 0 Å². The second-order valence-electron chi connectivity index (χ2n) is 17.1. The number of phenolic OH excluding ortho intramolecular Hbond substituents is 2. The lowest BCUT2D eigenvalue weighted by Crippen LogP contribution is -2.26. The van der Waals surface area contributed by atoms with Crippen molar-refractivity contribution in [1.82, 2.24) is 0 Å². The summed E-state index contributed by atoms with van der Waals surface area (Å²) in [5, 5.41) is 22.8. The SMILES string of the molecule is CCCCCCCCCCCCc1cc2c(cc1O)C1(CC2(C)C)CC(C)(C)c2cc(CCCCCCCCCCCC)c(O)cc21. The molecule has 2 nitrogen and oxygen atoms in total. The fourth-order valence-corrected chi connectivity index (χ4v) is 9.47. The minimum atomic E-state index is -0.155. The smallest absolute Gasteiger partial charge is 0.119 e. The molecule has 47 heavy (non-hydrogen) atoms. The fourth-order valence-electron chi connectivity index (χ4n) is 9.47. The average Bonchev–Trinajstić information content (AvgIpc) is 3.37. The van der Waals surface area contributed by atoms with Crippen molar-refractivity contribution in [3.63, 3.8) is 0 Å². The zero-order chi connectivity index (χ0) is 33.9. The summed E-state index contributed by atoms with van der Waals surface area (Å²) < 4.78 is 0. The Bertz CT molecular complexity index is 1150. The Kier molecular flexibility index (Phi) is 14.2. The number of aromatic hydroxyl groups is 2. The van der Waals surface area contributed by atoms with Gasteiger partial charge >= 0.3 is 0 Å². The van der Waals surface area contributed by atoms with Crippen molar-refractivity contribution in [1.29, 1.82) is 0 Å². The number of fused-ring (bicyclic) bond motifs is 4. The maximum atomic E-state index is 11.4. The highest BCUT2D eigenvalue weighted by molar-refractivity contribution is 5.63. The third-order valence-electron chi connectivity index (χ3n) is 12.0. The largest absolute Gasteiger partial charge is 0.508 e. The van der Waals surface area contributed by atoms with Crippen LogP contribution in [0.4, 0.5) is 0 Å². The van der Waals surface area contributed by atoms with Gasteiger partial charge in [0.1, 0.15) is 11.5 Å². The Morgan fingerprint density at radius 1 is 0.426 bits per heavy atom. The van der Waals surface area contributed by atoms with E-state index in [2.05, 4.69) is 65.8 Å². The van der Waals surface area contributed by atoms with Crippen LogP contribution in [0.2, 0.25) is 0 Å². The van der Waals surface area contributed by atoms with Gasteiger partial charge in [0.15, 0.2) is 0 Å². The van der Waals surface area contributed by atoms with E-state index in [0.29, 0.717) is 11.5 Å². The van der Waals surface area contributed by atoms with Crippen LogP contribution in [0.1, 0.15) is 216 Å². The monoisotopic (exact) mass is 645 g/mol. The molecule has 0 atom stereocenters. The van der Waals surface area contributed by atoms with Gasteiger partial charge in [0.25, 0.3) is 0 Å². The number of aryl methyl sites for hydroxylation is 2. The molecule has 2 aromatic rings. The Balaban J connectivity index is 1.38. The number of hydrogen-bond acceptors (Lipinski definition) is 2. The van der Waals surface area contributed by atoms with Crippen LogP contribution in [-0.2, 0) is 29.1 Å². The van der Waals surface area contributed by atoms with Crippen molar-refractivity contribution in [2.24, 2.45) is 0 Å². The molecule has 2 aliphatic carbocycles. The lowest BCUT2D eigenvalue weighted by atomic mass is 9.72. The molecular formula is C45H72O2. The van der Waals surface area contributed by atoms with E-state index in [1.165, 1.54) is 138 Å². The average molecular weight is 645 g/mol. The van der Waals surface area contributed by atoms with Crippen LogP contribution in [0.15, 0.2) is 24.3 Å². The molecule has 0 amide bonds. The topological polar surface area (TPSA) is 40.5 Å². The lowest BCUT2D eigenvalue weighted by molar-refractivity contribution is 0.348. The summed E-state index contributed by atoms with van der Waals surface area (Å²) >= 11 is 0. The molecule has 0 unspecified atom stereocenters. The Hall–Kier alpha value is -1.96. The van der Waals surface area contributed by atoms with E-state index in [-0.39, 0.29) is 16.2 Å². The summed E-state index contributed by atoms with van der Waals surface area (Å²) in [5.41, 5.74) is 7.58. The van der Waals surface area contributed by atoms with Gasteiger partial charge in [-0.3, -0.25) is 0 Å². The van der Waals surface area contributed by atoms with Crippen molar-refractivity contribution >= 4 is 0 Å². The van der Waals surface area contributed by atoms with Crippen molar-refractivity contribution in [2.45, 2.75) is 212 Å². The molecule has 264 valence electrons. The van der Waals surface area contributed by atoms with Gasteiger partial charge in [0.05, 0.1) is 0 Å². The molecular weight excluding hydrogens is 572 g/mol. The van der Waals surface area contributed by atoms with E-state index < -0.39 is 0 Å². The summed E-state index contributed by atoms with van der Waals surface area (Å²) in [7, 11) is 0. The zero-order valence-electron chi connectivity index (χ0n) is 31.7. The van der Waals surface area contributed by atoms with Crippen LogP contribution >= 0.6 is 0 Å². The Morgan fingerprint density at radius 3 is 1.04 bits per heavy atom. The summed E-state index contributed by atoms with van der Waals surface area (Å²) in [5.74, 6) is 0.953. The van der Waals surface area contributed by atoms with E-state index in [4.69, 9.17) is 0 Å². The minimum absolute atomic E-state index is 0.0253. The van der Waals surface area contributed by atoms with Gasteiger partial charge in [-0.05, 0) is 94.9 Å². The molecule has 0 aliphatic heterocycles. The van der Waals surface area contributed by atoms with Crippen LogP contribution in [-0.4, -0.2) is 10.2 Å². The van der Waals surface area contributed by atoms with Gasteiger partial charge in [0.2, 0.25) is 0 Å². The first-order valence-electron chi connectivity index (χ1n) is 20.3. The normalized spacial score (nSPS) is 17.0. The second kappa shape index (κ2) is 17.6. The van der Waals surface area contributed by atoms with Gasteiger partial charge in [0, 0.05) is 5.41 Å². The summed E-state index contributed by atoms with van der Waals surface area (Å²) in [6.07, 6.45) is 30.6. The minimum Gasteiger partial charge on any atom is -0.508 e. The highest BCUT2D eigenvalue weighted by Gasteiger charge is 2.56. The quantitative estimate of drug-likeness (QED) is 0.125. The summed E-state index contributed by atoms with van der Waals surface area (Å²) in [6.45, 7) is 14.1. The summed E-state index contributed by atoms with van der Waals surface area (Å²) in [6, 6.07) is 8.99. The molecule has 2 aromatic carbocycles. The maximum Gasteiger partial charge on any atom is 0.119 e. The number of phenols is 2. The van der Waals surface area contributed by atoms with Crippen LogP contribution in [0, 0.1) is 0 Å². The molecule has 0 fully saturated rings. The summed E-state index contributed by atoms with van der Waals surface area (Å²) in [4.78, 5) is 0. The van der Waals surface area contributed by atoms with E-state index in [9.17, 15) is 10.2 Å². The molecule has 2 heteroatoms. The second-order valence-corrected chi connectivity index (χ2v) is 17.1. The first-order chi connectivity index (χ1) is 22.6. The third kappa shape index (κ3) is 9.60. The molecule has 2 N–H and O–H groups in total. The number of unbranched alkanes of at least 4 members (excludes halogenated alkanes) is 18. The molecule has 0 radical (unpaired) electrons. The fraction of sp³-hybridized carbons (Fsp3) is 0.733. The van der Waals surface area contributed by atoms with Crippen LogP contribution in [0.3, 0.4) is 0 Å². The van der Waals surface area contributed by atoms with Crippen molar-refractivity contribution in [2.75, 3.05) is 0 Å². The van der Waals surface area contributed by atoms with E-state index in [1.54, 1.807) is 0 Å². The van der Waals surface area contributed by atoms with E-state index >= 15 is 0 Å². The van der Waals surface area contributed by atoms with Gasteiger partial charge in [-0.25, -0.2) is 0 Å². The van der Waals surface area contributed by atoms with Gasteiger partial charge in [-0.2, -0.15) is 0 Å². The first kappa shape index (κ1) is 37.9. The maximum absolute atomic E-state index is 11.4. The molecule has 1 spiro atoms. The zero-order valence-corrected chi connectivity index (χ0v) is 31.7. The molecule has 2 aliphatic rings. The van der Waals surface area contributed by atoms with E-state index in [0.717, 1.165) is 49.7 Å². The lowest BCUT2D eigenvalue weighted by Gasteiger charge is -2.30. The standard InChI is InChI=1S/C45H72O2/c1-7-9-11-13-15-17-19-21-23-25-27-35-29-37-39(31-41(35)46)45(33-43(37,3)4)34-44(5,6)38-30-36(42(47)32-40(38)45)28-26-24-22-20-18-16-14-12-10-8-2/h29-32,46-47H,7-28,33-34H2,1-6H3. The molecule has 0 saturated heterocycles. The molecule has 0 aromatic heterocycles. The Labute approximate surface area is 290 Å². The van der Waals surface area contributed by atoms with E-state index in [1.807, 2.05) is 0 Å². The number of rotatable bonds is 22. The van der Waals surface area contributed by atoms with Crippen molar-refractivity contribution < 1.29 is 10.2 Å². The molecule has 0 heterocycles. The van der Waals surface area contributed by atoms with Gasteiger partial charge in [-0.1, -0.05) is 169 Å². The predicted octanol–water partition coefficient (Wildman–Crippen LogP) is 13.7. The van der Waals surface area contributed by atoms with Gasteiger partial charge in [-0.15, -0.1) is 0 Å². The first-order valence-corrected chi connectivity index (χ1v) is 20.3. The number of hydrogen-bond donors (Lipinski definition) is 2. The highest BCUT2D eigenvalue weighted by Crippen LogP contribution is 2.64. The van der Waals surface area contributed by atoms with Crippen LogP contribution in [0.5, 0.6) is 11.5 Å². The third-order valence-corrected chi connectivity index (χ3v) is 12.0. The van der Waals surface area contributed by atoms with Gasteiger partial charge < -0.3 is 10.2 Å². The molecule has 0 saturated carbocycles. The highest BCUT2D eigenvalue weighted by atomic mass is 16.3.